The highest BCUT2D eigenvalue weighted by atomic mass is 32.2. The van der Waals surface area contributed by atoms with Gasteiger partial charge in [-0.3, -0.25) is 23.7 Å². The highest BCUT2D eigenvalue weighted by Crippen LogP contribution is 2.53. The van der Waals surface area contributed by atoms with Crippen molar-refractivity contribution < 1.29 is 14.4 Å². The lowest BCUT2D eigenvalue weighted by Crippen LogP contribution is -2.33. The van der Waals surface area contributed by atoms with Crippen molar-refractivity contribution in [3.63, 3.8) is 0 Å². The van der Waals surface area contributed by atoms with Crippen molar-refractivity contribution in [3.05, 3.63) is 110 Å². The summed E-state index contributed by atoms with van der Waals surface area (Å²) in [6, 6.07) is 24.3. The number of fused-ring (bicyclic) bond motifs is 2. The Hall–Kier alpha value is -3.95. The normalized spacial score (nSPS) is 20.1. The number of rotatable bonds is 5. The number of thioether (sulfide) groups is 1. The van der Waals surface area contributed by atoms with Gasteiger partial charge in [-0.05, 0) is 43.2 Å². The van der Waals surface area contributed by atoms with Crippen molar-refractivity contribution in [2.75, 3.05) is 10.2 Å². The lowest BCUT2D eigenvalue weighted by atomic mass is 9.83. The quantitative estimate of drug-likeness (QED) is 0.352. The van der Waals surface area contributed by atoms with E-state index in [-0.39, 0.29) is 29.1 Å². The van der Waals surface area contributed by atoms with E-state index < -0.39 is 17.1 Å². The fourth-order valence-corrected chi connectivity index (χ4v) is 8.04. The van der Waals surface area contributed by atoms with Gasteiger partial charge in [-0.2, -0.15) is 0 Å². The summed E-state index contributed by atoms with van der Waals surface area (Å²) in [5.74, 6) is -2.05. The van der Waals surface area contributed by atoms with Crippen molar-refractivity contribution in [2.24, 2.45) is 5.92 Å². The number of carbonyl (C=O) groups excluding carboxylic acids is 3. The number of thiazole rings is 1. The molecule has 39 heavy (non-hydrogen) atoms. The fourth-order valence-electron chi connectivity index (χ4n) is 5.27. The molecule has 3 heterocycles. The third-order valence-electron chi connectivity index (χ3n) is 7.22. The molecule has 0 bridgehead atoms. The highest BCUT2D eigenvalue weighted by Gasteiger charge is 2.56. The first-order chi connectivity index (χ1) is 18.8. The highest BCUT2D eigenvalue weighted by molar-refractivity contribution is 8.00. The van der Waals surface area contributed by atoms with E-state index in [9.17, 15) is 19.2 Å². The molecule has 7 nitrogen and oxygen atoms in total. The predicted octanol–water partition coefficient (Wildman–Crippen LogP) is 4.96. The maximum absolute atomic E-state index is 13.9. The van der Waals surface area contributed by atoms with Gasteiger partial charge in [-0.25, -0.2) is 4.90 Å². The Morgan fingerprint density at radius 3 is 2.28 bits per heavy atom. The van der Waals surface area contributed by atoms with Crippen LogP contribution in [0.4, 0.5) is 11.4 Å². The number of carbonyl (C=O) groups is 3. The minimum atomic E-state index is -0.712. The van der Waals surface area contributed by atoms with E-state index in [1.165, 1.54) is 21.2 Å². The Kier molecular flexibility index (Phi) is 6.48. The molecular formula is C30H25N3O4S2. The number of anilines is 2. The minimum Gasteiger partial charge on any atom is -0.324 e. The first-order valence-electron chi connectivity index (χ1n) is 12.6. The molecule has 3 amide bonds. The zero-order valence-electron chi connectivity index (χ0n) is 21.3. The number of hydrogen-bond donors (Lipinski definition) is 1. The first kappa shape index (κ1) is 25.3. The number of para-hydroxylation sites is 1. The van der Waals surface area contributed by atoms with Crippen LogP contribution in [0.1, 0.15) is 27.5 Å². The van der Waals surface area contributed by atoms with E-state index in [1.54, 1.807) is 12.1 Å². The molecule has 1 saturated heterocycles. The van der Waals surface area contributed by atoms with Crippen molar-refractivity contribution in [2.45, 2.75) is 36.6 Å². The zero-order valence-corrected chi connectivity index (χ0v) is 22.9. The number of hydrogen-bond acceptors (Lipinski definition) is 6. The van der Waals surface area contributed by atoms with E-state index in [2.05, 4.69) is 5.32 Å². The van der Waals surface area contributed by atoms with Gasteiger partial charge in [0.05, 0.1) is 16.6 Å². The van der Waals surface area contributed by atoms with Crippen LogP contribution in [0.25, 0.3) is 0 Å². The molecule has 1 N–H and O–H groups in total. The molecule has 4 aromatic rings. The van der Waals surface area contributed by atoms with E-state index in [0.717, 1.165) is 28.0 Å². The van der Waals surface area contributed by atoms with Crippen LogP contribution in [-0.2, 0) is 20.9 Å². The summed E-state index contributed by atoms with van der Waals surface area (Å²) in [7, 11) is 0. The molecular weight excluding hydrogens is 530 g/mol. The standard InChI is InChI=1S/C30H25N3O4S2/c1-17-12-14-20(15-13-17)33-27(35)24-23(19-9-4-3-5-10-19)26-29(38-25(24)28(33)36)32(30(37)39-26)16-22(34)31-21-11-7-6-8-18(21)2/h3-15,23-25H,16H2,1-2H3,(H,31,34)/t23-,24?,25?/m1/s1. The Labute approximate surface area is 233 Å². The van der Waals surface area contributed by atoms with Crippen LogP contribution in [0.15, 0.2) is 88.7 Å². The Balaban J connectivity index is 1.40. The smallest absolute Gasteiger partial charge is 0.308 e. The lowest BCUT2D eigenvalue weighted by Gasteiger charge is -2.30. The van der Waals surface area contributed by atoms with E-state index in [0.29, 0.717) is 21.3 Å². The molecule has 0 radical (unpaired) electrons. The Bertz CT molecular complexity index is 1660. The molecule has 9 heteroatoms. The van der Waals surface area contributed by atoms with E-state index in [4.69, 9.17) is 0 Å². The second-order valence-corrected chi connectivity index (χ2v) is 11.9. The van der Waals surface area contributed by atoms with Crippen molar-refractivity contribution in [3.8, 4) is 0 Å². The van der Waals surface area contributed by atoms with Gasteiger partial charge in [-0.1, -0.05) is 89.3 Å². The van der Waals surface area contributed by atoms with Crippen LogP contribution in [0.2, 0.25) is 0 Å². The topological polar surface area (TPSA) is 88.5 Å². The molecule has 2 aliphatic rings. The average Bonchev–Trinajstić information content (AvgIpc) is 3.37. The molecule has 3 aromatic carbocycles. The number of nitrogens with zero attached hydrogens (tertiary/aromatic N) is 2. The predicted molar refractivity (Wildman–Crippen MR) is 153 cm³/mol. The molecule has 1 fully saturated rings. The molecule has 1 aromatic heterocycles. The third-order valence-corrected chi connectivity index (χ3v) is 9.82. The molecule has 0 spiro atoms. The van der Waals surface area contributed by atoms with Gasteiger partial charge >= 0.3 is 4.87 Å². The summed E-state index contributed by atoms with van der Waals surface area (Å²) in [4.78, 5) is 55.6. The zero-order chi connectivity index (χ0) is 27.3. The number of amides is 3. The van der Waals surface area contributed by atoms with Crippen LogP contribution < -0.4 is 15.1 Å². The maximum Gasteiger partial charge on any atom is 0.308 e. The average molecular weight is 556 g/mol. The fraction of sp³-hybridized carbons (Fsp3) is 0.200. The van der Waals surface area contributed by atoms with Crippen LogP contribution in [0, 0.1) is 19.8 Å². The first-order valence-corrected chi connectivity index (χ1v) is 14.3. The van der Waals surface area contributed by atoms with Crippen molar-refractivity contribution in [1.29, 1.82) is 0 Å². The third kappa shape index (κ3) is 4.41. The van der Waals surface area contributed by atoms with E-state index in [1.807, 2.05) is 80.6 Å². The molecule has 0 aliphatic carbocycles. The van der Waals surface area contributed by atoms with Gasteiger partial charge in [-0.15, -0.1) is 0 Å². The Morgan fingerprint density at radius 1 is 0.872 bits per heavy atom. The summed E-state index contributed by atoms with van der Waals surface area (Å²) < 4.78 is 1.44. The molecule has 2 aliphatic heterocycles. The SMILES string of the molecule is Cc1ccc(N2C(=O)C3Sc4c(sc(=O)n4CC(=O)Nc4ccccc4C)[C@H](c4ccccc4)C3C2=O)cc1. The number of nitrogens with one attached hydrogen (secondary N) is 1. The van der Waals surface area contributed by atoms with Crippen molar-refractivity contribution >= 4 is 52.2 Å². The number of aromatic nitrogens is 1. The summed E-state index contributed by atoms with van der Waals surface area (Å²) in [6.45, 7) is 3.66. The number of aryl methyl sites for hydroxylation is 2. The van der Waals surface area contributed by atoms with Crippen molar-refractivity contribution in [1.82, 2.24) is 4.57 Å². The molecule has 6 rings (SSSR count). The van der Waals surface area contributed by atoms with Gasteiger partial charge in [0.1, 0.15) is 11.8 Å². The second-order valence-electron chi connectivity index (χ2n) is 9.79. The van der Waals surface area contributed by atoms with Crippen LogP contribution in [0.5, 0.6) is 0 Å². The molecule has 2 unspecified atom stereocenters. The van der Waals surface area contributed by atoms with Gasteiger partial charge in [0.15, 0.2) is 0 Å². The largest absolute Gasteiger partial charge is 0.324 e. The number of imide groups is 1. The molecule has 0 saturated carbocycles. The number of benzene rings is 3. The van der Waals surface area contributed by atoms with Gasteiger partial charge < -0.3 is 5.32 Å². The molecule has 196 valence electrons. The summed E-state index contributed by atoms with van der Waals surface area (Å²) >= 11 is 2.27. The summed E-state index contributed by atoms with van der Waals surface area (Å²) in [6.07, 6.45) is 0. The summed E-state index contributed by atoms with van der Waals surface area (Å²) in [5, 5.41) is 2.75. The van der Waals surface area contributed by atoms with Crippen LogP contribution in [0.3, 0.4) is 0 Å². The van der Waals surface area contributed by atoms with Crippen LogP contribution >= 0.6 is 23.1 Å². The van der Waals surface area contributed by atoms with Gasteiger partial charge in [0, 0.05) is 16.5 Å². The second kappa shape index (κ2) is 9.98. The maximum atomic E-state index is 13.9. The monoisotopic (exact) mass is 555 g/mol. The van der Waals surface area contributed by atoms with E-state index >= 15 is 0 Å². The van der Waals surface area contributed by atoms with Gasteiger partial charge in [0.2, 0.25) is 17.7 Å². The molecule has 3 atom stereocenters. The Morgan fingerprint density at radius 2 is 1.56 bits per heavy atom. The van der Waals surface area contributed by atoms with Gasteiger partial charge in [0.25, 0.3) is 0 Å². The summed E-state index contributed by atoms with van der Waals surface area (Å²) in [5.41, 5.74) is 4.02. The van der Waals surface area contributed by atoms with Crippen LogP contribution in [-0.4, -0.2) is 27.5 Å². The lowest BCUT2D eigenvalue weighted by molar-refractivity contribution is -0.122. The minimum absolute atomic E-state index is 0.186.